The van der Waals surface area contributed by atoms with Crippen LogP contribution in [0.3, 0.4) is 0 Å². The highest BCUT2D eigenvalue weighted by Crippen LogP contribution is 2.38. The highest BCUT2D eigenvalue weighted by atomic mass is 28.4. The van der Waals surface area contributed by atoms with Gasteiger partial charge in [0.1, 0.15) is 5.75 Å². The topological polar surface area (TPSA) is 9.23 Å². The minimum Gasteiger partial charge on any atom is -0.544 e. The van der Waals surface area contributed by atoms with Crippen molar-refractivity contribution in [3.05, 3.63) is 29.3 Å². The van der Waals surface area contributed by atoms with E-state index in [0.29, 0.717) is 0 Å². The van der Waals surface area contributed by atoms with Gasteiger partial charge in [-0.15, -0.1) is 0 Å². The first-order chi connectivity index (χ1) is 8.47. The largest absolute Gasteiger partial charge is 0.544 e. The molecule has 1 aliphatic carbocycles. The summed E-state index contributed by atoms with van der Waals surface area (Å²) in [5.74, 6) is 1.09. The van der Waals surface area contributed by atoms with Gasteiger partial charge in [0.05, 0.1) is 0 Å². The predicted octanol–water partition coefficient (Wildman–Crippen LogP) is 5.22. The molecule has 0 saturated heterocycles. The Kier molecular flexibility index (Phi) is 4.16. The van der Waals surface area contributed by atoms with Crippen molar-refractivity contribution in [1.29, 1.82) is 0 Å². The van der Waals surface area contributed by atoms with Gasteiger partial charge in [-0.05, 0) is 68.6 Å². The summed E-state index contributed by atoms with van der Waals surface area (Å²) in [6.07, 6.45) is 6.98. The van der Waals surface area contributed by atoms with Gasteiger partial charge in [0.25, 0.3) is 0 Å². The molecule has 1 fully saturated rings. The van der Waals surface area contributed by atoms with Crippen LogP contribution in [0.1, 0.15) is 43.2 Å². The van der Waals surface area contributed by atoms with Crippen LogP contribution in [-0.4, -0.2) is 8.32 Å². The van der Waals surface area contributed by atoms with Gasteiger partial charge in [-0.3, -0.25) is 0 Å². The summed E-state index contributed by atoms with van der Waals surface area (Å²) in [7, 11) is -1.59. The van der Waals surface area contributed by atoms with E-state index in [4.69, 9.17) is 4.43 Å². The molecule has 100 valence electrons. The third kappa shape index (κ3) is 3.38. The van der Waals surface area contributed by atoms with Crippen molar-refractivity contribution in [3.63, 3.8) is 0 Å². The molecule has 0 atom stereocenters. The Bertz CT molecular complexity index is 385. The zero-order valence-electron chi connectivity index (χ0n) is 12.3. The average Bonchev–Trinajstić information content (AvgIpc) is 2.28. The van der Waals surface area contributed by atoms with E-state index in [9.17, 15) is 0 Å². The Morgan fingerprint density at radius 3 is 2.06 bits per heavy atom. The van der Waals surface area contributed by atoms with Crippen molar-refractivity contribution in [2.45, 2.75) is 64.6 Å². The standard InChI is InChI=1S/C16H26OSi/c1-13-10-14(2)12-15(11-13)17-18(3,4)16-8-6-5-7-9-16/h10-12,16H,5-9H2,1-4H3. The third-order valence-corrected chi connectivity index (χ3v) is 7.47. The molecule has 0 heterocycles. The van der Waals surface area contributed by atoms with Crippen LogP contribution in [0.15, 0.2) is 18.2 Å². The molecule has 1 aromatic rings. The highest BCUT2D eigenvalue weighted by molar-refractivity contribution is 6.73. The van der Waals surface area contributed by atoms with Crippen molar-refractivity contribution in [1.82, 2.24) is 0 Å². The molecule has 2 rings (SSSR count). The van der Waals surface area contributed by atoms with Crippen LogP contribution in [0.2, 0.25) is 18.6 Å². The molecular formula is C16H26OSi. The molecule has 0 unspecified atom stereocenters. The molecule has 2 heteroatoms. The van der Waals surface area contributed by atoms with Crippen LogP contribution >= 0.6 is 0 Å². The summed E-state index contributed by atoms with van der Waals surface area (Å²) in [6, 6.07) is 6.58. The van der Waals surface area contributed by atoms with Crippen LogP contribution in [0.25, 0.3) is 0 Å². The van der Waals surface area contributed by atoms with E-state index in [-0.39, 0.29) is 0 Å². The van der Waals surface area contributed by atoms with Crippen LogP contribution in [-0.2, 0) is 0 Å². The predicted molar refractivity (Wildman–Crippen MR) is 80.9 cm³/mol. The zero-order chi connectivity index (χ0) is 13.2. The van der Waals surface area contributed by atoms with E-state index in [1.807, 2.05) is 0 Å². The Hall–Kier alpha value is -0.763. The lowest BCUT2D eigenvalue weighted by Crippen LogP contribution is -2.40. The zero-order valence-corrected chi connectivity index (χ0v) is 13.3. The fraction of sp³-hybridized carbons (Fsp3) is 0.625. The van der Waals surface area contributed by atoms with E-state index in [0.717, 1.165) is 11.3 Å². The highest BCUT2D eigenvalue weighted by Gasteiger charge is 2.36. The van der Waals surface area contributed by atoms with Crippen molar-refractivity contribution in [2.75, 3.05) is 0 Å². The average molecular weight is 262 g/mol. The first-order valence-corrected chi connectivity index (χ1v) is 10.2. The van der Waals surface area contributed by atoms with Gasteiger partial charge in [-0.1, -0.05) is 25.3 Å². The Labute approximate surface area is 113 Å². The quantitative estimate of drug-likeness (QED) is 0.678. The molecular weight excluding hydrogens is 236 g/mol. The summed E-state index contributed by atoms with van der Waals surface area (Å²) in [5, 5.41) is 0. The third-order valence-electron chi connectivity index (χ3n) is 4.16. The minimum absolute atomic E-state index is 0.840. The molecule has 1 nitrogen and oxygen atoms in total. The molecule has 0 aliphatic heterocycles. The minimum atomic E-state index is -1.59. The number of rotatable bonds is 3. The summed E-state index contributed by atoms with van der Waals surface area (Å²) in [5.41, 5.74) is 3.45. The van der Waals surface area contributed by atoms with Gasteiger partial charge in [0, 0.05) is 0 Å². The molecule has 18 heavy (non-hydrogen) atoms. The smallest absolute Gasteiger partial charge is 0.248 e. The molecule has 1 aliphatic rings. The Morgan fingerprint density at radius 1 is 0.944 bits per heavy atom. The van der Waals surface area contributed by atoms with Gasteiger partial charge in [-0.25, -0.2) is 0 Å². The van der Waals surface area contributed by atoms with E-state index in [2.05, 4.69) is 45.1 Å². The lowest BCUT2D eigenvalue weighted by molar-refractivity contribution is 0.439. The van der Waals surface area contributed by atoms with E-state index in [1.54, 1.807) is 0 Å². The van der Waals surface area contributed by atoms with Crippen LogP contribution in [0, 0.1) is 13.8 Å². The van der Waals surface area contributed by atoms with Crippen LogP contribution in [0.5, 0.6) is 5.75 Å². The van der Waals surface area contributed by atoms with Crippen molar-refractivity contribution < 1.29 is 4.43 Å². The van der Waals surface area contributed by atoms with Gasteiger partial charge in [-0.2, -0.15) is 0 Å². The molecule has 0 radical (unpaired) electrons. The monoisotopic (exact) mass is 262 g/mol. The second-order valence-electron chi connectivity index (χ2n) is 6.36. The van der Waals surface area contributed by atoms with Gasteiger partial charge in [0.15, 0.2) is 0 Å². The normalized spacial score (nSPS) is 17.8. The molecule has 0 N–H and O–H groups in total. The molecule has 1 aromatic carbocycles. The Balaban J connectivity index is 2.10. The Morgan fingerprint density at radius 2 is 1.50 bits per heavy atom. The van der Waals surface area contributed by atoms with Crippen molar-refractivity contribution in [2.24, 2.45) is 0 Å². The maximum atomic E-state index is 6.44. The van der Waals surface area contributed by atoms with E-state index < -0.39 is 8.32 Å². The summed E-state index contributed by atoms with van der Waals surface area (Å²) in [6.45, 7) is 9.07. The first kappa shape index (κ1) is 13.7. The molecule has 0 spiro atoms. The molecule has 0 amide bonds. The van der Waals surface area contributed by atoms with Crippen molar-refractivity contribution in [3.8, 4) is 5.75 Å². The van der Waals surface area contributed by atoms with Crippen molar-refractivity contribution >= 4 is 8.32 Å². The summed E-state index contributed by atoms with van der Waals surface area (Å²) < 4.78 is 6.44. The number of hydrogen-bond acceptors (Lipinski definition) is 1. The molecule has 0 bridgehead atoms. The van der Waals surface area contributed by atoms with E-state index >= 15 is 0 Å². The summed E-state index contributed by atoms with van der Waals surface area (Å²) >= 11 is 0. The SMILES string of the molecule is Cc1cc(C)cc(O[Si](C)(C)C2CCCCC2)c1. The first-order valence-electron chi connectivity index (χ1n) is 7.25. The fourth-order valence-electron chi connectivity index (χ4n) is 3.18. The summed E-state index contributed by atoms with van der Waals surface area (Å²) in [4.78, 5) is 0. The maximum Gasteiger partial charge on any atom is 0.248 e. The van der Waals surface area contributed by atoms with Gasteiger partial charge < -0.3 is 4.43 Å². The van der Waals surface area contributed by atoms with Crippen LogP contribution in [0.4, 0.5) is 0 Å². The van der Waals surface area contributed by atoms with E-state index in [1.165, 1.54) is 43.2 Å². The van der Waals surface area contributed by atoms with Gasteiger partial charge in [0.2, 0.25) is 8.32 Å². The fourth-order valence-corrected chi connectivity index (χ4v) is 5.87. The lowest BCUT2D eigenvalue weighted by Gasteiger charge is -2.35. The van der Waals surface area contributed by atoms with Gasteiger partial charge >= 0.3 is 0 Å². The maximum absolute atomic E-state index is 6.44. The second-order valence-corrected chi connectivity index (χ2v) is 10.6. The molecule has 0 aromatic heterocycles. The number of benzene rings is 1. The lowest BCUT2D eigenvalue weighted by atomic mass is 10.0. The number of aryl methyl sites for hydroxylation is 2. The van der Waals surface area contributed by atoms with Crippen LogP contribution < -0.4 is 4.43 Å². The molecule has 1 saturated carbocycles. The number of hydrogen-bond donors (Lipinski definition) is 0. The second kappa shape index (κ2) is 5.48.